The Labute approximate surface area is 276 Å². The summed E-state index contributed by atoms with van der Waals surface area (Å²) < 4.78 is 15.5. The van der Waals surface area contributed by atoms with Gasteiger partial charge in [-0.2, -0.15) is 0 Å². The lowest BCUT2D eigenvalue weighted by Crippen LogP contribution is -2.16. The van der Waals surface area contributed by atoms with Crippen LogP contribution in [0.15, 0.2) is 148 Å². The molecule has 11 rings (SSSR count). The van der Waals surface area contributed by atoms with Crippen LogP contribution in [0, 0.1) is 0 Å². The van der Waals surface area contributed by atoms with Crippen molar-refractivity contribution in [3.05, 3.63) is 151 Å². The molecule has 3 heterocycles. The molecule has 3 heteroatoms. The van der Waals surface area contributed by atoms with Crippen molar-refractivity contribution in [3.8, 4) is 27.9 Å². The van der Waals surface area contributed by atoms with Gasteiger partial charge in [-0.25, -0.2) is 0 Å². The smallest absolute Gasteiger partial charge is 0.143 e. The zero-order chi connectivity index (χ0) is 31.7. The standard InChI is InChI=1S/C45H29NO2/c1-45(2)36-17-6-3-11-27(36)31-22-23-32-28-12-4-7-18-37(28)46(43(32)42(31)45)26-21-24-39-35(25-26)41-30(14-10-20-40(41)47-39)34-16-9-15-33-29-13-5-8-19-38(29)48-44(33)34/h3-25H,1-2H3. The third-order valence-corrected chi connectivity index (χ3v) is 10.8. The van der Waals surface area contributed by atoms with Crippen molar-refractivity contribution in [3.63, 3.8) is 0 Å². The highest BCUT2D eigenvalue weighted by Gasteiger charge is 2.38. The van der Waals surface area contributed by atoms with Gasteiger partial charge in [0.05, 0.1) is 11.0 Å². The van der Waals surface area contributed by atoms with Crippen LogP contribution >= 0.6 is 0 Å². The molecule has 3 aromatic heterocycles. The fourth-order valence-corrected chi connectivity index (χ4v) is 8.72. The summed E-state index contributed by atoms with van der Waals surface area (Å²) in [6.45, 7) is 4.74. The number of nitrogens with zero attached hydrogens (tertiary/aromatic N) is 1. The number of aromatic nitrogens is 1. The minimum Gasteiger partial charge on any atom is -0.456 e. The molecule has 1 aliphatic rings. The lowest BCUT2D eigenvalue weighted by Gasteiger charge is -2.23. The summed E-state index contributed by atoms with van der Waals surface area (Å²) in [5.74, 6) is 0. The van der Waals surface area contributed by atoms with Crippen LogP contribution < -0.4 is 0 Å². The second-order valence-corrected chi connectivity index (χ2v) is 13.6. The Bertz CT molecular complexity index is 2980. The molecule has 0 unspecified atom stereocenters. The van der Waals surface area contributed by atoms with E-state index in [-0.39, 0.29) is 5.41 Å². The Kier molecular flexibility index (Phi) is 4.91. The summed E-state index contributed by atoms with van der Waals surface area (Å²) in [7, 11) is 0. The summed E-state index contributed by atoms with van der Waals surface area (Å²) in [5.41, 5.74) is 14.6. The van der Waals surface area contributed by atoms with Crippen LogP contribution in [0.3, 0.4) is 0 Å². The number of para-hydroxylation sites is 3. The van der Waals surface area contributed by atoms with E-state index in [4.69, 9.17) is 8.83 Å². The maximum absolute atomic E-state index is 6.54. The molecule has 3 nitrogen and oxygen atoms in total. The predicted molar refractivity (Wildman–Crippen MR) is 198 cm³/mol. The Morgan fingerprint density at radius 1 is 0.479 bits per heavy atom. The molecule has 0 aliphatic heterocycles. The van der Waals surface area contributed by atoms with Gasteiger partial charge in [-0.15, -0.1) is 0 Å². The van der Waals surface area contributed by atoms with Gasteiger partial charge in [0.2, 0.25) is 0 Å². The van der Waals surface area contributed by atoms with Crippen LogP contribution in [0.1, 0.15) is 25.0 Å². The summed E-state index contributed by atoms with van der Waals surface area (Å²) in [6.07, 6.45) is 0. The summed E-state index contributed by atoms with van der Waals surface area (Å²) in [6, 6.07) is 50.1. The van der Waals surface area contributed by atoms with Crippen LogP contribution in [0.2, 0.25) is 0 Å². The molecule has 226 valence electrons. The van der Waals surface area contributed by atoms with E-state index >= 15 is 0 Å². The minimum absolute atomic E-state index is 0.150. The maximum Gasteiger partial charge on any atom is 0.143 e. The van der Waals surface area contributed by atoms with Gasteiger partial charge in [0.1, 0.15) is 22.3 Å². The first-order chi connectivity index (χ1) is 23.6. The zero-order valence-electron chi connectivity index (χ0n) is 26.5. The normalized spacial score (nSPS) is 13.8. The SMILES string of the molecule is CC1(C)c2ccccc2-c2ccc3c4ccccc4n(-c4ccc5oc6cccc(-c7cccc8c7oc7ccccc78)c6c5c4)c3c21. The lowest BCUT2D eigenvalue weighted by atomic mass is 9.81. The molecule has 48 heavy (non-hydrogen) atoms. The van der Waals surface area contributed by atoms with E-state index in [9.17, 15) is 0 Å². The van der Waals surface area contributed by atoms with Crippen molar-refractivity contribution < 1.29 is 8.83 Å². The van der Waals surface area contributed by atoms with Gasteiger partial charge in [-0.1, -0.05) is 117 Å². The van der Waals surface area contributed by atoms with E-state index in [1.54, 1.807) is 0 Å². The number of rotatable bonds is 2. The molecule has 0 radical (unpaired) electrons. The number of fused-ring (bicyclic) bond motifs is 13. The molecule has 0 saturated carbocycles. The second kappa shape index (κ2) is 9.05. The lowest BCUT2D eigenvalue weighted by molar-refractivity contribution is 0.663. The molecule has 0 amide bonds. The average Bonchev–Trinajstić information content (AvgIpc) is 3.85. The highest BCUT2D eigenvalue weighted by molar-refractivity contribution is 6.18. The fourth-order valence-electron chi connectivity index (χ4n) is 8.72. The van der Waals surface area contributed by atoms with Gasteiger partial charge in [-0.05, 0) is 64.2 Å². The first-order valence-corrected chi connectivity index (χ1v) is 16.6. The monoisotopic (exact) mass is 615 g/mol. The highest BCUT2D eigenvalue weighted by atomic mass is 16.3. The van der Waals surface area contributed by atoms with Crippen molar-refractivity contribution in [2.45, 2.75) is 19.3 Å². The molecule has 0 atom stereocenters. The fraction of sp³-hybridized carbons (Fsp3) is 0.0667. The average molecular weight is 616 g/mol. The van der Waals surface area contributed by atoms with Crippen molar-refractivity contribution in [2.75, 3.05) is 0 Å². The molecule has 0 spiro atoms. The third-order valence-electron chi connectivity index (χ3n) is 10.8. The van der Waals surface area contributed by atoms with E-state index in [0.717, 1.165) is 60.7 Å². The van der Waals surface area contributed by atoms with Crippen LogP contribution in [0.4, 0.5) is 0 Å². The van der Waals surface area contributed by atoms with Gasteiger partial charge >= 0.3 is 0 Å². The summed E-state index contributed by atoms with van der Waals surface area (Å²) >= 11 is 0. The van der Waals surface area contributed by atoms with Crippen LogP contribution in [0.25, 0.3) is 93.6 Å². The van der Waals surface area contributed by atoms with Gasteiger partial charge in [0.25, 0.3) is 0 Å². The molecular formula is C45H29NO2. The van der Waals surface area contributed by atoms with E-state index in [2.05, 4.69) is 146 Å². The first-order valence-electron chi connectivity index (χ1n) is 16.6. The van der Waals surface area contributed by atoms with E-state index in [1.807, 2.05) is 12.1 Å². The second-order valence-electron chi connectivity index (χ2n) is 13.6. The Morgan fingerprint density at radius 3 is 2.12 bits per heavy atom. The van der Waals surface area contributed by atoms with E-state index < -0.39 is 0 Å². The topological polar surface area (TPSA) is 31.2 Å². The molecule has 0 bridgehead atoms. The van der Waals surface area contributed by atoms with Crippen LogP contribution in [0.5, 0.6) is 0 Å². The number of hydrogen-bond donors (Lipinski definition) is 0. The molecule has 7 aromatic carbocycles. The van der Waals surface area contributed by atoms with Crippen molar-refractivity contribution >= 4 is 65.7 Å². The Morgan fingerprint density at radius 2 is 1.19 bits per heavy atom. The number of benzene rings is 7. The molecular weight excluding hydrogens is 587 g/mol. The van der Waals surface area contributed by atoms with Crippen molar-refractivity contribution in [2.24, 2.45) is 0 Å². The van der Waals surface area contributed by atoms with Gasteiger partial charge < -0.3 is 13.4 Å². The molecule has 1 aliphatic carbocycles. The summed E-state index contributed by atoms with van der Waals surface area (Å²) in [4.78, 5) is 0. The number of furan rings is 2. The predicted octanol–water partition coefficient (Wildman–Crippen LogP) is 12.6. The van der Waals surface area contributed by atoms with Gasteiger partial charge in [0.15, 0.2) is 0 Å². The Balaban J connectivity index is 1.23. The molecule has 0 saturated heterocycles. The quantitative estimate of drug-likeness (QED) is 0.194. The van der Waals surface area contributed by atoms with Gasteiger partial charge in [0, 0.05) is 49.0 Å². The largest absolute Gasteiger partial charge is 0.456 e. The Hall–Kier alpha value is -6.06. The maximum atomic E-state index is 6.54. The highest BCUT2D eigenvalue weighted by Crippen LogP contribution is 2.53. The molecule has 10 aromatic rings. The van der Waals surface area contributed by atoms with Crippen molar-refractivity contribution in [1.29, 1.82) is 0 Å². The third kappa shape index (κ3) is 3.23. The van der Waals surface area contributed by atoms with E-state index in [0.29, 0.717) is 0 Å². The van der Waals surface area contributed by atoms with Crippen molar-refractivity contribution in [1.82, 2.24) is 4.57 Å². The van der Waals surface area contributed by atoms with Gasteiger partial charge in [-0.3, -0.25) is 0 Å². The van der Waals surface area contributed by atoms with Crippen LogP contribution in [-0.4, -0.2) is 4.57 Å². The number of hydrogen-bond acceptors (Lipinski definition) is 2. The van der Waals surface area contributed by atoms with E-state index in [1.165, 1.54) is 44.1 Å². The zero-order valence-corrected chi connectivity index (χ0v) is 26.5. The summed E-state index contributed by atoms with van der Waals surface area (Å²) in [5, 5.41) is 6.98. The minimum atomic E-state index is -0.150. The molecule has 0 N–H and O–H groups in total. The molecule has 0 fully saturated rings. The van der Waals surface area contributed by atoms with Crippen LogP contribution in [-0.2, 0) is 5.41 Å². The first kappa shape index (κ1) is 26.1.